The fourth-order valence-electron chi connectivity index (χ4n) is 7.78. The molecule has 3 aliphatic heterocycles. The fourth-order valence-corrected chi connectivity index (χ4v) is 9.10. The third kappa shape index (κ3) is 5.69. The van der Waals surface area contributed by atoms with Crippen LogP contribution in [0.2, 0.25) is 0 Å². The summed E-state index contributed by atoms with van der Waals surface area (Å²) >= 11 is 1.29. The molecule has 0 aliphatic carbocycles. The number of fused-ring (bicyclic) bond motifs is 1. The lowest BCUT2D eigenvalue weighted by Crippen LogP contribution is -2.58. The van der Waals surface area contributed by atoms with E-state index in [1.165, 1.54) is 34.8 Å². The predicted molar refractivity (Wildman–Crippen MR) is 183 cm³/mol. The molecule has 3 aliphatic rings. The molecule has 0 bridgehead atoms. The zero-order valence-electron chi connectivity index (χ0n) is 27.8. The van der Waals surface area contributed by atoms with E-state index in [0.29, 0.717) is 22.7 Å². The van der Waals surface area contributed by atoms with Crippen LogP contribution in [0.5, 0.6) is 0 Å². The molecule has 2 aromatic carbocycles. The number of rotatable bonds is 5. The van der Waals surface area contributed by atoms with Crippen molar-refractivity contribution >= 4 is 45.3 Å². The summed E-state index contributed by atoms with van der Waals surface area (Å²) in [4.78, 5) is 39.7. The number of halogens is 4. The molecule has 2 fully saturated rings. The van der Waals surface area contributed by atoms with Gasteiger partial charge in [0, 0.05) is 92.1 Å². The van der Waals surface area contributed by atoms with Gasteiger partial charge in [-0.1, -0.05) is 6.58 Å². The maximum atomic E-state index is 15.3. The summed E-state index contributed by atoms with van der Waals surface area (Å²) < 4.78 is 63.8. The summed E-state index contributed by atoms with van der Waals surface area (Å²) in [6.45, 7) is 11.8. The lowest BCUT2D eigenvalue weighted by atomic mass is 9.94. The van der Waals surface area contributed by atoms with Crippen LogP contribution in [-0.2, 0) is 18.0 Å². The Morgan fingerprint density at radius 3 is 2.41 bits per heavy atom. The van der Waals surface area contributed by atoms with Crippen molar-refractivity contribution in [2.24, 2.45) is 7.05 Å². The van der Waals surface area contributed by atoms with Gasteiger partial charge in [0.15, 0.2) is 0 Å². The molecule has 2 aromatic heterocycles. The Balaban J connectivity index is 1.49. The second-order valence-corrected chi connectivity index (χ2v) is 14.4. The number of thioether (sulfide) groups is 1. The van der Waals surface area contributed by atoms with Gasteiger partial charge in [0.2, 0.25) is 5.91 Å². The number of hydrogen-bond acceptors (Lipinski definition) is 8. The first-order chi connectivity index (χ1) is 23.3. The van der Waals surface area contributed by atoms with E-state index in [4.69, 9.17) is 0 Å². The molecule has 0 radical (unpaired) electrons. The van der Waals surface area contributed by atoms with Gasteiger partial charge in [0.05, 0.1) is 34.2 Å². The van der Waals surface area contributed by atoms with Crippen molar-refractivity contribution in [2.45, 2.75) is 43.0 Å². The zero-order chi connectivity index (χ0) is 34.9. The number of benzene rings is 2. The number of piperazine rings is 2. The van der Waals surface area contributed by atoms with Gasteiger partial charge in [-0.2, -0.15) is 23.3 Å². The van der Waals surface area contributed by atoms with Crippen molar-refractivity contribution in [1.82, 2.24) is 34.0 Å². The van der Waals surface area contributed by atoms with Crippen LogP contribution in [0, 0.1) is 5.82 Å². The Bertz CT molecular complexity index is 2020. The Morgan fingerprint density at radius 1 is 1.06 bits per heavy atom. The van der Waals surface area contributed by atoms with Gasteiger partial charge in [0.1, 0.15) is 11.6 Å². The van der Waals surface area contributed by atoms with Gasteiger partial charge in [-0.15, -0.1) is 11.8 Å². The largest absolute Gasteiger partial charge is 0.417 e. The number of hydrogen-bond donors (Lipinski definition) is 0. The number of aryl methyl sites for hydroxylation is 1. The number of likely N-dealkylation sites (N-methyl/N-ethyl adjacent to an activating group) is 1. The lowest BCUT2D eigenvalue weighted by Gasteiger charge is -2.45. The molecule has 0 spiro atoms. The van der Waals surface area contributed by atoms with Gasteiger partial charge < -0.3 is 14.7 Å². The molecule has 1 amide bonds. The Morgan fingerprint density at radius 2 is 1.76 bits per heavy atom. The van der Waals surface area contributed by atoms with E-state index >= 15 is 13.2 Å². The van der Waals surface area contributed by atoms with E-state index in [1.807, 2.05) is 18.7 Å². The monoisotopic (exact) mass is 698 g/mol. The number of carbonyl (C=O) groups is 1. The minimum atomic E-state index is -4.80. The van der Waals surface area contributed by atoms with Crippen molar-refractivity contribution in [3.63, 3.8) is 0 Å². The summed E-state index contributed by atoms with van der Waals surface area (Å²) in [7, 11) is 3.63. The second-order valence-electron chi connectivity index (χ2n) is 13.4. The second kappa shape index (κ2) is 12.4. The third-order valence-corrected chi connectivity index (χ3v) is 11.3. The van der Waals surface area contributed by atoms with Gasteiger partial charge in [-0.25, -0.2) is 9.18 Å². The van der Waals surface area contributed by atoms with Crippen molar-refractivity contribution in [3.05, 3.63) is 58.9 Å². The van der Waals surface area contributed by atoms with E-state index in [0.717, 1.165) is 38.3 Å². The van der Waals surface area contributed by atoms with E-state index in [2.05, 4.69) is 33.5 Å². The van der Waals surface area contributed by atoms with Crippen molar-refractivity contribution < 1.29 is 22.4 Å². The number of alkyl halides is 3. The molecule has 5 heterocycles. The van der Waals surface area contributed by atoms with Crippen LogP contribution in [0.1, 0.15) is 25.5 Å². The molecular weight excluding hydrogens is 660 g/mol. The standard InChI is InChI=1S/C34H38F4N8O2S/c1-6-27(47)45-19(2)15-44(16-20(45)3)32-23-13-25(34(36,37)38)28(22-7-8-26(35)24-14-39-42(5)29(22)24)31-30(23)46(33(48)40-32)21(18-49-31)17-43-11-9-41(4)10-12-43/h6-8,13-14,19-21H,1,9-12,15-18H2,2-5H3/t19-,20+,21?. The predicted octanol–water partition coefficient (Wildman–Crippen LogP) is 4.61. The van der Waals surface area contributed by atoms with Gasteiger partial charge in [-0.05, 0) is 45.2 Å². The van der Waals surface area contributed by atoms with E-state index in [-0.39, 0.29) is 70.4 Å². The highest BCUT2D eigenvalue weighted by atomic mass is 32.2. The van der Waals surface area contributed by atoms with E-state index < -0.39 is 23.2 Å². The molecule has 0 saturated carbocycles. The molecule has 4 aromatic rings. The molecule has 2 saturated heterocycles. The van der Waals surface area contributed by atoms with Crippen LogP contribution in [0.3, 0.4) is 0 Å². The minimum absolute atomic E-state index is 0.106. The molecule has 3 atom stereocenters. The maximum absolute atomic E-state index is 15.3. The van der Waals surface area contributed by atoms with Gasteiger partial charge in [0.25, 0.3) is 0 Å². The van der Waals surface area contributed by atoms with Crippen LogP contribution >= 0.6 is 11.8 Å². The molecule has 15 heteroatoms. The molecule has 7 rings (SSSR count). The maximum Gasteiger partial charge on any atom is 0.417 e. The molecule has 0 N–H and O–H groups in total. The highest BCUT2D eigenvalue weighted by Crippen LogP contribution is 2.51. The lowest BCUT2D eigenvalue weighted by molar-refractivity contribution is -0.137. The summed E-state index contributed by atoms with van der Waals surface area (Å²) in [5, 5.41) is 4.49. The SMILES string of the molecule is C=CC(=O)N1[C@H](C)CN(c2nc(=O)n3c4c(c(-c5ccc(F)c6cnn(C)c56)c(C(F)(F)F)cc24)SCC3CN2CCN(C)CC2)C[C@@H]1C. The van der Waals surface area contributed by atoms with E-state index in [1.54, 1.807) is 16.5 Å². The molecular formula is C34H38F4N8O2S. The first-order valence-electron chi connectivity index (χ1n) is 16.3. The van der Waals surface area contributed by atoms with Crippen molar-refractivity contribution in [1.29, 1.82) is 0 Å². The molecule has 10 nitrogen and oxygen atoms in total. The first kappa shape index (κ1) is 33.5. The van der Waals surface area contributed by atoms with Crippen LogP contribution in [0.4, 0.5) is 23.4 Å². The third-order valence-electron chi connectivity index (χ3n) is 10.1. The van der Waals surface area contributed by atoms with Crippen molar-refractivity contribution in [2.75, 3.05) is 63.5 Å². The average molecular weight is 699 g/mol. The highest BCUT2D eigenvalue weighted by molar-refractivity contribution is 7.99. The van der Waals surface area contributed by atoms with Crippen LogP contribution in [0.25, 0.3) is 32.9 Å². The average Bonchev–Trinajstić information content (AvgIpc) is 3.45. The molecule has 260 valence electrons. The van der Waals surface area contributed by atoms with Gasteiger partial charge in [-0.3, -0.25) is 18.9 Å². The summed E-state index contributed by atoms with van der Waals surface area (Å²) in [5.41, 5.74) is -0.743. The first-order valence-corrected chi connectivity index (χ1v) is 17.3. The van der Waals surface area contributed by atoms with Crippen LogP contribution in [0.15, 0.2) is 46.7 Å². The van der Waals surface area contributed by atoms with Gasteiger partial charge >= 0.3 is 11.9 Å². The number of nitrogens with zero attached hydrogens (tertiary/aromatic N) is 8. The topological polar surface area (TPSA) is 82.7 Å². The number of aromatic nitrogens is 4. The smallest absolute Gasteiger partial charge is 0.352 e. The highest BCUT2D eigenvalue weighted by Gasteiger charge is 2.41. The Hall–Kier alpha value is -3.95. The number of carbonyl (C=O) groups excluding carboxylic acids is 1. The molecule has 49 heavy (non-hydrogen) atoms. The number of amides is 1. The number of anilines is 1. The fraction of sp³-hybridized carbons (Fsp3) is 0.471. The zero-order valence-corrected chi connectivity index (χ0v) is 28.6. The summed E-state index contributed by atoms with van der Waals surface area (Å²) in [5.74, 6) is -0.312. The van der Waals surface area contributed by atoms with Crippen molar-refractivity contribution in [3.8, 4) is 11.1 Å². The molecule has 1 unspecified atom stereocenters. The summed E-state index contributed by atoms with van der Waals surface area (Å²) in [6, 6.07) is 2.66. The minimum Gasteiger partial charge on any atom is -0.352 e. The van der Waals surface area contributed by atoms with Crippen LogP contribution in [-0.4, -0.2) is 111 Å². The van der Waals surface area contributed by atoms with Crippen LogP contribution < -0.4 is 10.6 Å². The normalized spacial score (nSPS) is 22.3. The summed E-state index contributed by atoms with van der Waals surface area (Å²) in [6.07, 6.45) is -2.24. The quantitative estimate of drug-likeness (QED) is 0.221. The Kier molecular flexibility index (Phi) is 8.51. The van der Waals surface area contributed by atoms with E-state index in [9.17, 15) is 14.0 Å². The Labute approximate surface area is 284 Å².